The lowest BCUT2D eigenvalue weighted by molar-refractivity contribution is 0.0950. The summed E-state index contributed by atoms with van der Waals surface area (Å²) in [5.41, 5.74) is 2.73. The summed E-state index contributed by atoms with van der Waals surface area (Å²) in [6.45, 7) is 2.71. The highest BCUT2D eigenvalue weighted by Crippen LogP contribution is 2.28. The molecule has 26 heavy (non-hydrogen) atoms. The zero-order chi connectivity index (χ0) is 18.3. The standard InChI is InChI=1S/C21H19FN2O2/c1-13-7-8-23-21(26)19-11-15-5-6-16(12-18(15)24(13)19)20(25)10-14-3-2-4-17(22)9-14/h2-6,9,11-13H,7-8,10H2,1H3,(H,23,26). The van der Waals surface area contributed by atoms with Crippen molar-refractivity contribution in [3.63, 3.8) is 0 Å². The number of rotatable bonds is 3. The van der Waals surface area contributed by atoms with E-state index in [0.29, 0.717) is 23.4 Å². The second kappa shape index (κ2) is 6.41. The van der Waals surface area contributed by atoms with Crippen molar-refractivity contribution in [1.29, 1.82) is 0 Å². The van der Waals surface area contributed by atoms with E-state index in [2.05, 4.69) is 12.2 Å². The summed E-state index contributed by atoms with van der Waals surface area (Å²) < 4.78 is 15.4. The first kappa shape index (κ1) is 16.5. The average Bonchev–Trinajstić information content (AvgIpc) is 2.93. The molecule has 0 aliphatic carbocycles. The summed E-state index contributed by atoms with van der Waals surface area (Å²) in [6.07, 6.45) is 0.983. The molecule has 0 fully saturated rings. The number of carbonyl (C=O) groups is 2. The minimum atomic E-state index is -0.345. The highest BCUT2D eigenvalue weighted by atomic mass is 19.1. The fourth-order valence-electron chi connectivity index (χ4n) is 3.59. The van der Waals surface area contributed by atoms with Crippen LogP contribution in [0.15, 0.2) is 48.5 Å². The van der Waals surface area contributed by atoms with E-state index in [4.69, 9.17) is 0 Å². The van der Waals surface area contributed by atoms with Gasteiger partial charge in [0.1, 0.15) is 11.5 Å². The lowest BCUT2D eigenvalue weighted by atomic mass is 10.0. The number of hydrogen-bond acceptors (Lipinski definition) is 2. The highest BCUT2D eigenvalue weighted by molar-refractivity contribution is 6.03. The van der Waals surface area contributed by atoms with Gasteiger partial charge in [-0.15, -0.1) is 0 Å². The Morgan fingerprint density at radius 3 is 2.88 bits per heavy atom. The van der Waals surface area contributed by atoms with Crippen LogP contribution in [-0.2, 0) is 6.42 Å². The topological polar surface area (TPSA) is 51.1 Å². The Morgan fingerprint density at radius 1 is 1.23 bits per heavy atom. The second-order valence-electron chi connectivity index (χ2n) is 6.80. The van der Waals surface area contributed by atoms with E-state index in [1.807, 2.05) is 22.8 Å². The van der Waals surface area contributed by atoms with Crippen LogP contribution in [0.2, 0.25) is 0 Å². The van der Waals surface area contributed by atoms with E-state index in [9.17, 15) is 14.0 Å². The van der Waals surface area contributed by atoms with E-state index in [0.717, 1.165) is 17.3 Å². The van der Waals surface area contributed by atoms with Gasteiger partial charge >= 0.3 is 0 Å². The van der Waals surface area contributed by atoms with Gasteiger partial charge in [0.15, 0.2) is 5.78 Å². The molecule has 0 saturated carbocycles. The fraction of sp³-hybridized carbons (Fsp3) is 0.238. The third-order valence-corrected chi connectivity index (χ3v) is 4.94. The molecule has 5 heteroatoms. The molecule has 1 aliphatic rings. The van der Waals surface area contributed by atoms with Crippen molar-refractivity contribution in [2.75, 3.05) is 6.54 Å². The largest absolute Gasteiger partial charge is 0.351 e. The summed E-state index contributed by atoms with van der Waals surface area (Å²) >= 11 is 0. The molecule has 1 N–H and O–H groups in total. The summed E-state index contributed by atoms with van der Waals surface area (Å²) in [5, 5.41) is 3.84. The minimum Gasteiger partial charge on any atom is -0.351 e. The van der Waals surface area contributed by atoms with Crippen LogP contribution in [-0.4, -0.2) is 22.8 Å². The molecular formula is C21H19FN2O2. The zero-order valence-electron chi connectivity index (χ0n) is 14.5. The number of nitrogens with one attached hydrogen (secondary N) is 1. The molecule has 2 aromatic carbocycles. The van der Waals surface area contributed by atoms with E-state index in [-0.39, 0.29) is 30.0 Å². The smallest absolute Gasteiger partial charge is 0.267 e. The molecule has 0 saturated heterocycles. The Labute approximate surface area is 150 Å². The SMILES string of the molecule is CC1CCNC(=O)c2cc3ccc(C(=O)Cc4cccc(F)c4)cc3n21. The predicted octanol–water partition coefficient (Wildman–Crippen LogP) is 3.90. The van der Waals surface area contributed by atoms with Gasteiger partial charge in [-0.05, 0) is 43.2 Å². The van der Waals surface area contributed by atoms with Crippen LogP contribution < -0.4 is 5.32 Å². The predicted molar refractivity (Wildman–Crippen MR) is 98.0 cm³/mol. The maximum Gasteiger partial charge on any atom is 0.267 e. The number of carbonyl (C=O) groups excluding carboxylic acids is 2. The zero-order valence-corrected chi connectivity index (χ0v) is 14.5. The molecule has 1 unspecified atom stereocenters. The van der Waals surface area contributed by atoms with Crippen LogP contribution in [0.1, 0.15) is 45.8 Å². The number of hydrogen-bond donors (Lipinski definition) is 1. The number of Topliss-reactive ketones (excluding diaryl/α,β-unsaturated/α-hetero) is 1. The molecule has 1 amide bonds. The van der Waals surface area contributed by atoms with Crippen LogP contribution in [0.5, 0.6) is 0 Å². The van der Waals surface area contributed by atoms with Crippen molar-refractivity contribution in [2.24, 2.45) is 0 Å². The lowest BCUT2D eigenvalue weighted by Crippen LogP contribution is -2.22. The Bertz CT molecular complexity index is 1020. The van der Waals surface area contributed by atoms with Crippen LogP contribution in [0.4, 0.5) is 4.39 Å². The molecule has 3 aromatic rings. The van der Waals surface area contributed by atoms with Gasteiger partial charge in [-0.2, -0.15) is 0 Å². The molecule has 1 atom stereocenters. The highest BCUT2D eigenvalue weighted by Gasteiger charge is 2.23. The van der Waals surface area contributed by atoms with Crippen LogP contribution in [0.3, 0.4) is 0 Å². The van der Waals surface area contributed by atoms with Crippen molar-refractivity contribution in [3.8, 4) is 0 Å². The molecule has 1 aliphatic heterocycles. The van der Waals surface area contributed by atoms with Gasteiger partial charge in [-0.1, -0.05) is 24.3 Å². The molecule has 1 aromatic heterocycles. The lowest BCUT2D eigenvalue weighted by Gasteiger charge is -2.14. The van der Waals surface area contributed by atoms with Gasteiger partial charge in [0.25, 0.3) is 5.91 Å². The Balaban J connectivity index is 1.73. The maximum absolute atomic E-state index is 13.3. The summed E-state index contributed by atoms with van der Waals surface area (Å²) in [6, 6.07) is 13.6. The first-order chi connectivity index (χ1) is 12.5. The first-order valence-electron chi connectivity index (χ1n) is 8.74. The number of fused-ring (bicyclic) bond motifs is 3. The third-order valence-electron chi connectivity index (χ3n) is 4.94. The third kappa shape index (κ3) is 2.90. The van der Waals surface area contributed by atoms with Gasteiger partial charge in [-0.25, -0.2) is 4.39 Å². The molecule has 0 radical (unpaired) electrons. The molecule has 4 rings (SSSR count). The Kier molecular flexibility index (Phi) is 4.07. The van der Waals surface area contributed by atoms with Crippen LogP contribution >= 0.6 is 0 Å². The number of ketones is 1. The molecule has 132 valence electrons. The summed E-state index contributed by atoms with van der Waals surface area (Å²) in [7, 11) is 0. The molecule has 0 spiro atoms. The van der Waals surface area contributed by atoms with Crippen molar-refractivity contribution in [3.05, 3.63) is 71.2 Å². The van der Waals surface area contributed by atoms with Crippen molar-refractivity contribution < 1.29 is 14.0 Å². The van der Waals surface area contributed by atoms with Crippen molar-refractivity contribution in [1.82, 2.24) is 9.88 Å². The molecule has 0 bridgehead atoms. The van der Waals surface area contributed by atoms with Crippen LogP contribution in [0.25, 0.3) is 10.9 Å². The summed E-state index contributed by atoms with van der Waals surface area (Å²) in [4.78, 5) is 24.9. The number of aromatic nitrogens is 1. The van der Waals surface area contributed by atoms with Crippen molar-refractivity contribution >= 4 is 22.6 Å². The maximum atomic E-state index is 13.3. The van der Waals surface area contributed by atoms with Gasteiger partial charge in [-0.3, -0.25) is 9.59 Å². The van der Waals surface area contributed by atoms with E-state index in [1.54, 1.807) is 18.2 Å². The number of nitrogens with zero attached hydrogens (tertiary/aromatic N) is 1. The monoisotopic (exact) mass is 350 g/mol. The summed E-state index contributed by atoms with van der Waals surface area (Å²) in [5.74, 6) is -0.500. The average molecular weight is 350 g/mol. The Morgan fingerprint density at radius 2 is 2.08 bits per heavy atom. The minimum absolute atomic E-state index is 0.0706. The number of amides is 1. The van der Waals surface area contributed by atoms with Gasteiger partial charge in [0.2, 0.25) is 0 Å². The normalized spacial score (nSPS) is 16.8. The molecule has 2 heterocycles. The van der Waals surface area contributed by atoms with Crippen molar-refractivity contribution in [2.45, 2.75) is 25.8 Å². The van der Waals surface area contributed by atoms with Gasteiger partial charge in [0, 0.05) is 35.5 Å². The second-order valence-corrected chi connectivity index (χ2v) is 6.80. The van der Waals surface area contributed by atoms with E-state index < -0.39 is 0 Å². The Hall–Kier alpha value is -2.95. The van der Waals surface area contributed by atoms with E-state index >= 15 is 0 Å². The number of halogens is 1. The fourth-order valence-corrected chi connectivity index (χ4v) is 3.59. The van der Waals surface area contributed by atoms with E-state index in [1.165, 1.54) is 12.1 Å². The molecule has 4 nitrogen and oxygen atoms in total. The quantitative estimate of drug-likeness (QED) is 0.729. The van der Waals surface area contributed by atoms with Gasteiger partial charge in [0.05, 0.1) is 0 Å². The van der Waals surface area contributed by atoms with Crippen LogP contribution in [0, 0.1) is 5.82 Å². The number of benzene rings is 2. The molecular weight excluding hydrogens is 331 g/mol. The first-order valence-corrected chi connectivity index (χ1v) is 8.74. The van der Waals surface area contributed by atoms with Gasteiger partial charge < -0.3 is 9.88 Å².